The van der Waals surface area contributed by atoms with E-state index < -0.39 is 11.7 Å². The summed E-state index contributed by atoms with van der Waals surface area (Å²) in [5.74, 6) is -1.39. The molecule has 2 heterocycles. The molecule has 0 aliphatic carbocycles. The summed E-state index contributed by atoms with van der Waals surface area (Å²) in [4.78, 5) is 33.4. The first-order valence-corrected chi connectivity index (χ1v) is 10.3. The molecule has 1 amide bonds. The molecular weight excluding hydrogens is 459 g/mol. The van der Waals surface area contributed by atoms with E-state index in [0.29, 0.717) is 27.5 Å². The molecule has 0 bridgehead atoms. The smallest absolute Gasteiger partial charge is 0.298 e. The van der Waals surface area contributed by atoms with Gasteiger partial charge in [-0.3, -0.25) is 9.59 Å². The number of nitrogens with zero attached hydrogens (tertiary/aromatic N) is 3. The van der Waals surface area contributed by atoms with E-state index in [9.17, 15) is 9.59 Å². The van der Waals surface area contributed by atoms with E-state index in [1.165, 1.54) is 18.6 Å². The molecule has 4 rings (SSSR count). The Morgan fingerprint density at radius 3 is 2.58 bits per heavy atom. The summed E-state index contributed by atoms with van der Waals surface area (Å²) in [6, 6.07) is 12.3. The van der Waals surface area contributed by atoms with Gasteiger partial charge < -0.3 is 9.88 Å². The number of amides is 1. The second-order valence-corrected chi connectivity index (χ2v) is 8.09. The number of aromatic nitrogens is 3. The third-order valence-corrected chi connectivity index (χ3v) is 5.74. The van der Waals surface area contributed by atoms with Crippen LogP contribution in [-0.4, -0.2) is 26.2 Å². The Kier molecular flexibility index (Phi) is 5.96. The number of carbonyl (C=O) groups excluding carboxylic acids is 2. The van der Waals surface area contributed by atoms with Gasteiger partial charge in [-0.2, -0.15) is 0 Å². The van der Waals surface area contributed by atoms with Crippen LogP contribution in [0.25, 0.3) is 10.9 Å². The maximum atomic E-state index is 13.1. The third kappa shape index (κ3) is 4.28. The van der Waals surface area contributed by atoms with Crippen LogP contribution in [0, 0.1) is 6.92 Å². The molecular formula is C22H15Cl3N4O2. The van der Waals surface area contributed by atoms with Crippen LogP contribution in [0.2, 0.25) is 15.2 Å². The number of halogens is 3. The lowest BCUT2D eigenvalue weighted by Gasteiger charge is -2.10. The van der Waals surface area contributed by atoms with Gasteiger partial charge in [0, 0.05) is 21.6 Å². The highest BCUT2D eigenvalue weighted by atomic mass is 35.5. The van der Waals surface area contributed by atoms with Crippen molar-refractivity contribution in [1.82, 2.24) is 14.5 Å². The summed E-state index contributed by atoms with van der Waals surface area (Å²) in [5, 5.41) is 4.20. The fourth-order valence-electron chi connectivity index (χ4n) is 3.28. The van der Waals surface area contributed by atoms with E-state index in [-0.39, 0.29) is 16.5 Å². The van der Waals surface area contributed by atoms with Crippen molar-refractivity contribution in [1.29, 1.82) is 0 Å². The Hall–Kier alpha value is -2.93. The molecule has 0 radical (unpaired) electrons. The number of anilines is 1. The van der Waals surface area contributed by atoms with Crippen LogP contribution < -0.4 is 5.32 Å². The van der Waals surface area contributed by atoms with Gasteiger partial charge in [0.05, 0.1) is 17.6 Å². The van der Waals surface area contributed by atoms with Crippen LogP contribution in [0.3, 0.4) is 0 Å². The Balaban J connectivity index is 1.78. The summed E-state index contributed by atoms with van der Waals surface area (Å²) in [7, 11) is 0. The topological polar surface area (TPSA) is 76.9 Å². The highest BCUT2D eigenvalue weighted by Gasteiger charge is 2.27. The molecule has 0 spiro atoms. The second-order valence-electron chi connectivity index (χ2n) is 6.89. The molecule has 9 heteroatoms. The van der Waals surface area contributed by atoms with E-state index in [0.717, 1.165) is 11.1 Å². The number of Topliss-reactive ketones (excluding diaryl/α,β-unsaturated/α-hetero) is 1. The van der Waals surface area contributed by atoms with Crippen LogP contribution in [0.5, 0.6) is 0 Å². The quantitative estimate of drug-likeness (QED) is 0.304. The first kappa shape index (κ1) is 21.3. The van der Waals surface area contributed by atoms with Gasteiger partial charge in [0.1, 0.15) is 17.3 Å². The minimum atomic E-state index is -0.842. The third-order valence-electron chi connectivity index (χ3n) is 4.76. The van der Waals surface area contributed by atoms with Gasteiger partial charge in [0.2, 0.25) is 0 Å². The number of nitrogens with one attached hydrogen (secondary N) is 1. The van der Waals surface area contributed by atoms with E-state index >= 15 is 0 Å². The standard InChI is InChI=1S/C22H15Cl3N4O2/c1-12-2-5-17-15(8-12)19(20(30)22(31)28-18-6-7-26-11-27-18)21(25)29(17)10-13-3-4-14(23)9-16(13)24/h2-9,11H,10H2,1H3,(H,26,27,28,31). The lowest BCUT2D eigenvalue weighted by molar-refractivity contribution is -0.112. The SMILES string of the molecule is Cc1ccc2c(c1)c(C(=O)C(=O)Nc1ccncn1)c(Cl)n2Cc1ccc(Cl)cc1Cl. The number of ketones is 1. The highest BCUT2D eigenvalue weighted by molar-refractivity contribution is 6.51. The lowest BCUT2D eigenvalue weighted by atomic mass is 10.1. The van der Waals surface area contributed by atoms with Crippen molar-refractivity contribution >= 4 is 63.2 Å². The van der Waals surface area contributed by atoms with Crippen LogP contribution >= 0.6 is 34.8 Å². The molecule has 0 atom stereocenters. The minimum absolute atomic E-state index is 0.122. The van der Waals surface area contributed by atoms with Gasteiger partial charge in [0.25, 0.3) is 11.7 Å². The molecule has 0 fully saturated rings. The molecule has 156 valence electrons. The van der Waals surface area contributed by atoms with Crippen LogP contribution in [0.4, 0.5) is 5.82 Å². The first-order chi connectivity index (χ1) is 14.8. The van der Waals surface area contributed by atoms with Crippen molar-refractivity contribution in [3.05, 3.63) is 86.9 Å². The van der Waals surface area contributed by atoms with E-state index in [4.69, 9.17) is 34.8 Å². The van der Waals surface area contributed by atoms with Crippen molar-refractivity contribution in [3.8, 4) is 0 Å². The number of hydrogen-bond acceptors (Lipinski definition) is 4. The fraction of sp³-hybridized carbons (Fsp3) is 0.0909. The average molecular weight is 474 g/mol. The molecule has 4 aromatic rings. The maximum absolute atomic E-state index is 13.1. The zero-order valence-corrected chi connectivity index (χ0v) is 18.5. The molecule has 1 N–H and O–H groups in total. The molecule has 31 heavy (non-hydrogen) atoms. The van der Waals surface area contributed by atoms with Crippen molar-refractivity contribution in [2.75, 3.05) is 5.32 Å². The monoisotopic (exact) mass is 472 g/mol. The molecule has 0 saturated carbocycles. The molecule has 2 aromatic carbocycles. The molecule has 0 aliphatic rings. The van der Waals surface area contributed by atoms with E-state index in [1.54, 1.807) is 22.8 Å². The number of carbonyl (C=O) groups is 2. The number of rotatable bonds is 5. The minimum Gasteiger partial charge on any atom is -0.326 e. The van der Waals surface area contributed by atoms with Crippen molar-refractivity contribution in [3.63, 3.8) is 0 Å². The fourth-order valence-corrected chi connectivity index (χ4v) is 4.09. The number of fused-ring (bicyclic) bond motifs is 1. The van der Waals surface area contributed by atoms with Crippen molar-refractivity contribution < 1.29 is 9.59 Å². The first-order valence-electron chi connectivity index (χ1n) is 9.19. The number of benzene rings is 2. The average Bonchev–Trinajstić information content (AvgIpc) is 3.00. The predicted molar refractivity (Wildman–Crippen MR) is 122 cm³/mol. The lowest BCUT2D eigenvalue weighted by Crippen LogP contribution is -2.23. The van der Waals surface area contributed by atoms with Crippen LogP contribution in [0.1, 0.15) is 21.5 Å². The van der Waals surface area contributed by atoms with E-state index in [1.807, 2.05) is 25.1 Å². The van der Waals surface area contributed by atoms with Gasteiger partial charge >= 0.3 is 0 Å². The Labute approximate surface area is 192 Å². The summed E-state index contributed by atoms with van der Waals surface area (Å²) in [6.45, 7) is 2.20. The van der Waals surface area contributed by atoms with Gasteiger partial charge in [-0.05, 0) is 42.8 Å². The van der Waals surface area contributed by atoms with Gasteiger partial charge in [-0.1, -0.05) is 52.5 Å². The summed E-state index contributed by atoms with van der Waals surface area (Å²) >= 11 is 19.0. The number of aryl methyl sites for hydroxylation is 1. The zero-order valence-electron chi connectivity index (χ0n) is 16.2. The van der Waals surface area contributed by atoms with Crippen LogP contribution in [-0.2, 0) is 11.3 Å². The molecule has 0 saturated heterocycles. The zero-order chi connectivity index (χ0) is 22.1. The van der Waals surface area contributed by atoms with Crippen molar-refractivity contribution in [2.45, 2.75) is 13.5 Å². The van der Waals surface area contributed by atoms with E-state index in [2.05, 4.69) is 15.3 Å². The summed E-state index contributed by atoms with van der Waals surface area (Å²) < 4.78 is 1.75. The molecule has 0 aliphatic heterocycles. The number of hydrogen-bond donors (Lipinski definition) is 1. The Morgan fingerprint density at radius 1 is 1.06 bits per heavy atom. The predicted octanol–water partition coefficient (Wildman–Crippen LogP) is 5.57. The second kappa shape index (κ2) is 8.67. The summed E-state index contributed by atoms with van der Waals surface area (Å²) in [6.07, 6.45) is 2.74. The van der Waals surface area contributed by atoms with Gasteiger partial charge in [0.15, 0.2) is 0 Å². The van der Waals surface area contributed by atoms with Crippen LogP contribution in [0.15, 0.2) is 55.0 Å². The highest BCUT2D eigenvalue weighted by Crippen LogP contribution is 2.33. The molecule has 6 nitrogen and oxygen atoms in total. The Morgan fingerprint density at radius 2 is 1.87 bits per heavy atom. The maximum Gasteiger partial charge on any atom is 0.298 e. The Bertz CT molecular complexity index is 1320. The summed E-state index contributed by atoms with van der Waals surface area (Å²) in [5.41, 5.74) is 2.53. The molecule has 2 aromatic heterocycles. The largest absolute Gasteiger partial charge is 0.326 e. The normalized spacial score (nSPS) is 11.0. The van der Waals surface area contributed by atoms with Gasteiger partial charge in [-0.15, -0.1) is 0 Å². The van der Waals surface area contributed by atoms with Crippen molar-refractivity contribution in [2.24, 2.45) is 0 Å². The molecule has 0 unspecified atom stereocenters. The van der Waals surface area contributed by atoms with Gasteiger partial charge in [-0.25, -0.2) is 9.97 Å².